The number of hydrogen-bond acceptors (Lipinski definition) is 4. The van der Waals surface area contributed by atoms with Crippen molar-refractivity contribution in [3.8, 4) is 0 Å². The smallest absolute Gasteiger partial charge is 0.313 e. The molecule has 138 valence electrons. The highest BCUT2D eigenvalue weighted by atomic mass is 16.3. The Morgan fingerprint density at radius 2 is 1.73 bits per heavy atom. The Labute approximate surface area is 152 Å². The SMILES string of the molecule is Cc1ccc([C@@H](C)NC(=O)C(=O)Nc2cc(C(=O)N(C)C)ccc2C)o1. The van der Waals surface area contributed by atoms with E-state index in [4.69, 9.17) is 4.42 Å². The highest BCUT2D eigenvalue weighted by molar-refractivity contribution is 6.39. The fraction of sp³-hybridized carbons (Fsp3) is 0.316. The van der Waals surface area contributed by atoms with Gasteiger partial charge in [0, 0.05) is 25.3 Å². The number of carbonyl (C=O) groups excluding carboxylic acids is 3. The third-order valence-electron chi connectivity index (χ3n) is 3.88. The van der Waals surface area contributed by atoms with Gasteiger partial charge in [0.1, 0.15) is 11.5 Å². The van der Waals surface area contributed by atoms with Crippen LogP contribution in [0.25, 0.3) is 0 Å². The molecule has 0 saturated carbocycles. The maximum Gasteiger partial charge on any atom is 0.313 e. The number of amides is 3. The molecule has 2 rings (SSSR count). The highest BCUT2D eigenvalue weighted by Gasteiger charge is 2.20. The van der Waals surface area contributed by atoms with Crippen LogP contribution in [-0.4, -0.2) is 36.7 Å². The zero-order valence-electron chi connectivity index (χ0n) is 15.5. The molecular formula is C19H23N3O4. The third kappa shape index (κ3) is 4.50. The van der Waals surface area contributed by atoms with Gasteiger partial charge >= 0.3 is 11.8 Å². The molecule has 0 bridgehead atoms. The van der Waals surface area contributed by atoms with Crippen LogP contribution in [0.15, 0.2) is 34.7 Å². The molecule has 3 amide bonds. The molecule has 1 aromatic carbocycles. The second-order valence-corrected chi connectivity index (χ2v) is 6.33. The quantitative estimate of drug-likeness (QED) is 0.822. The Morgan fingerprint density at radius 3 is 2.31 bits per heavy atom. The first-order chi connectivity index (χ1) is 12.2. The van der Waals surface area contributed by atoms with E-state index >= 15 is 0 Å². The van der Waals surface area contributed by atoms with Crippen molar-refractivity contribution in [2.75, 3.05) is 19.4 Å². The third-order valence-corrected chi connectivity index (χ3v) is 3.88. The normalized spacial score (nSPS) is 11.6. The van der Waals surface area contributed by atoms with E-state index in [2.05, 4.69) is 10.6 Å². The molecule has 0 aliphatic rings. The van der Waals surface area contributed by atoms with Gasteiger partial charge in [-0.2, -0.15) is 0 Å². The summed E-state index contributed by atoms with van der Waals surface area (Å²) in [5.41, 5.74) is 1.59. The summed E-state index contributed by atoms with van der Waals surface area (Å²) >= 11 is 0. The number of benzene rings is 1. The average Bonchev–Trinajstić information content (AvgIpc) is 3.02. The van der Waals surface area contributed by atoms with Crippen LogP contribution >= 0.6 is 0 Å². The van der Waals surface area contributed by atoms with E-state index in [-0.39, 0.29) is 5.91 Å². The van der Waals surface area contributed by atoms with E-state index in [1.165, 1.54) is 4.90 Å². The molecule has 2 aromatic rings. The van der Waals surface area contributed by atoms with Gasteiger partial charge in [0.2, 0.25) is 0 Å². The standard InChI is InChI=1S/C19H23N3O4/c1-11-6-8-14(19(25)22(4)5)10-15(11)21-18(24)17(23)20-13(3)16-9-7-12(2)26-16/h6-10,13H,1-5H3,(H,20,23)(H,21,24)/t13-/m1/s1. The van der Waals surface area contributed by atoms with Crippen LogP contribution in [0.2, 0.25) is 0 Å². The summed E-state index contributed by atoms with van der Waals surface area (Å²) < 4.78 is 5.44. The molecule has 0 aliphatic heterocycles. The van der Waals surface area contributed by atoms with Gasteiger partial charge in [-0.05, 0) is 50.6 Å². The summed E-state index contributed by atoms with van der Waals surface area (Å²) in [6.07, 6.45) is 0. The zero-order chi connectivity index (χ0) is 19.4. The number of rotatable bonds is 4. The molecule has 0 unspecified atom stereocenters. The summed E-state index contributed by atoms with van der Waals surface area (Å²) in [6, 6.07) is 8.05. The lowest BCUT2D eigenvalue weighted by atomic mass is 10.1. The lowest BCUT2D eigenvalue weighted by Gasteiger charge is -2.14. The number of furan rings is 1. The van der Waals surface area contributed by atoms with Crippen molar-refractivity contribution in [3.63, 3.8) is 0 Å². The second-order valence-electron chi connectivity index (χ2n) is 6.33. The minimum atomic E-state index is -0.808. The lowest BCUT2D eigenvalue weighted by molar-refractivity contribution is -0.136. The van der Waals surface area contributed by atoms with E-state index in [1.807, 2.05) is 0 Å². The molecule has 0 spiro atoms. The number of nitrogens with zero attached hydrogens (tertiary/aromatic N) is 1. The molecule has 1 aromatic heterocycles. The van der Waals surface area contributed by atoms with Crippen LogP contribution in [-0.2, 0) is 9.59 Å². The summed E-state index contributed by atoms with van der Waals surface area (Å²) in [7, 11) is 3.29. The number of nitrogens with one attached hydrogen (secondary N) is 2. The van der Waals surface area contributed by atoms with Gasteiger partial charge in [0.15, 0.2) is 0 Å². The number of anilines is 1. The fourth-order valence-electron chi connectivity index (χ4n) is 2.35. The number of carbonyl (C=O) groups is 3. The Kier molecular flexibility index (Phi) is 5.82. The van der Waals surface area contributed by atoms with Crippen LogP contribution in [0.4, 0.5) is 5.69 Å². The first-order valence-electron chi connectivity index (χ1n) is 8.19. The first kappa shape index (κ1) is 19.2. The minimum Gasteiger partial charge on any atom is -0.464 e. The van der Waals surface area contributed by atoms with E-state index in [1.54, 1.807) is 65.2 Å². The molecule has 26 heavy (non-hydrogen) atoms. The molecule has 0 aliphatic carbocycles. The Balaban J connectivity index is 2.07. The van der Waals surface area contributed by atoms with Gasteiger partial charge in [0.25, 0.3) is 5.91 Å². The summed E-state index contributed by atoms with van der Waals surface area (Å²) in [5, 5.41) is 5.14. The predicted octanol–water partition coefficient (Wildman–Crippen LogP) is 2.41. The van der Waals surface area contributed by atoms with Crippen molar-refractivity contribution in [2.24, 2.45) is 0 Å². The minimum absolute atomic E-state index is 0.188. The van der Waals surface area contributed by atoms with E-state index in [9.17, 15) is 14.4 Å². The zero-order valence-corrected chi connectivity index (χ0v) is 15.5. The second kappa shape index (κ2) is 7.86. The summed E-state index contributed by atoms with van der Waals surface area (Å²) in [4.78, 5) is 37.8. The maximum absolute atomic E-state index is 12.2. The van der Waals surface area contributed by atoms with Crippen molar-refractivity contribution in [2.45, 2.75) is 26.8 Å². The predicted molar refractivity (Wildman–Crippen MR) is 97.8 cm³/mol. The molecule has 0 fully saturated rings. The van der Waals surface area contributed by atoms with Crippen molar-refractivity contribution in [1.82, 2.24) is 10.2 Å². The molecule has 2 N–H and O–H groups in total. The molecule has 1 atom stereocenters. The van der Waals surface area contributed by atoms with Crippen LogP contribution < -0.4 is 10.6 Å². The number of hydrogen-bond donors (Lipinski definition) is 2. The van der Waals surface area contributed by atoms with Crippen molar-refractivity contribution < 1.29 is 18.8 Å². The van der Waals surface area contributed by atoms with Crippen molar-refractivity contribution in [1.29, 1.82) is 0 Å². The van der Waals surface area contributed by atoms with Crippen LogP contribution in [0, 0.1) is 13.8 Å². The van der Waals surface area contributed by atoms with Gasteiger partial charge < -0.3 is 20.0 Å². The van der Waals surface area contributed by atoms with Crippen LogP contribution in [0.1, 0.15) is 40.4 Å². The Hall–Kier alpha value is -3.09. The lowest BCUT2D eigenvalue weighted by Crippen LogP contribution is -2.37. The van der Waals surface area contributed by atoms with Gasteiger partial charge in [-0.1, -0.05) is 6.07 Å². The van der Waals surface area contributed by atoms with Gasteiger partial charge in [-0.25, -0.2) is 0 Å². The van der Waals surface area contributed by atoms with E-state index in [0.29, 0.717) is 17.0 Å². The first-order valence-corrected chi connectivity index (χ1v) is 8.19. The average molecular weight is 357 g/mol. The number of aryl methyl sites for hydroxylation is 2. The molecular weight excluding hydrogens is 334 g/mol. The Morgan fingerprint density at radius 1 is 1.04 bits per heavy atom. The molecule has 7 nitrogen and oxygen atoms in total. The Bertz CT molecular complexity index is 839. The largest absolute Gasteiger partial charge is 0.464 e. The van der Waals surface area contributed by atoms with Crippen LogP contribution in [0.3, 0.4) is 0 Å². The van der Waals surface area contributed by atoms with Gasteiger partial charge in [-0.15, -0.1) is 0 Å². The topological polar surface area (TPSA) is 91.7 Å². The van der Waals surface area contributed by atoms with Crippen molar-refractivity contribution in [3.05, 3.63) is 53.0 Å². The fourth-order valence-corrected chi connectivity index (χ4v) is 2.35. The van der Waals surface area contributed by atoms with Gasteiger partial charge in [0.05, 0.1) is 6.04 Å². The van der Waals surface area contributed by atoms with E-state index in [0.717, 1.165) is 11.3 Å². The highest BCUT2D eigenvalue weighted by Crippen LogP contribution is 2.18. The molecule has 1 heterocycles. The van der Waals surface area contributed by atoms with E-state index < -0.39 is 17.9 Å². The molecule has 0 radical (unpaired) electrons. The summed E-state index contributed by atoms with van der Waals surface area (Å²) in [5.74, 6) is -0.485. The molecule has 7 heteroatoms. The molecule has 0 saturated heterocycles. The van der Waals surface area contributed by atoms with Crippen LogP contribution in [0.5, 0.6) is 0 Å². The van der Waals surface area contributed by atoms with Gasteiger partial charge in [-0.3, -0.25) is 14.4 Å². The maximum atomic E-state index is 12.2. The van der Waals surface area contributed by atoms with Crippen molar-refractivity contribution >= 4 is 23.4 Å². The monoisotopic (exact) mass is 357 g/mol. The summed E-state index contributed by atoms with van der Waals surface area (Å²) in [6.45, 7) is 5.31.